The first kappa shape index (κ1) is 26.9. The lowest BCUT2D eigenvalue weighted by Gasteiger charge is -2.37. The summed E-state index contributed by atoms with van der Waals surface area (Å²) in [5.74, 6) is 1.66. The maximum atomic E-state index is 5.67. The van der Waals surface area contributed by atoms with E-state index in [4.69, 9.17) is 7.85 Å². The molecule has 2 radical (unpaired) electrons. The highest BCUT2D eigenvalue weighted by atomic mass is 28.2. The predicted molar refractivity (Wildman–Crippen MR) is 165 cm³/mol. The van der Waals surface area contributed by atoms with Crippen LogP contribution in [0.25, 0.3) is 5.57 Å². The molecule has 4 heteroatoms. The first-order chi connectivity index (χ1) is 18.7. The van der Waals surface area contributed by atoms with Crippen LogP contribution in [0.15, 0.2) is 157 Å². The molecule has 0 amide bonds. The van der Waals surface area contributed by atoms with Crippen LogP contribution in [0.5, 0.6) is 0 Å². The Bertz CT molecular complexity index is 1350. The van der Waals surface area contributed by atoms with E-state index in [1.807, 2.05) is 48.9 Å². The van der Waals surface area contributed by atoms with Crippen LogP contribution in [-0.4, -0.2) is 26.9 Å². The van der Waals surface area contributed by atoms with Gasteiger partial charge < -0.3 is 4.57 Å². The molecule has 0 unspecified atom stereocenters. The Morgan fingerprint density at radius 2 is 1.18 bits per heavy atom. The van der Waals surface area contributed by atoms with Gasteiger partial charge in [0.05, 0.1) is 21.0 Å². The molecule has 0 aliphatic carbocycles. The fourth-order valence-electron chi connectivity index (χ4n) is 4.77. The maximum absolute atomic E-state index is 5.67. The van der Waals surface area contributed by atoms with E-state index in [9.17, 15) is 0 Å². The Balaban J connectivity index is 0.000000194. The highest BCUT2D eigenvalue weighted by Crippen LogP contribution is 2.34. The molecule has 0 saturated heterocycles. The number of rotatable bonds is 7. The van der Waals surface area contributed by atoms with Crippen molar-refractivity contribution in [3.05, 3.63) is 180 Å². The second-order valence-electron chi connectivity index (χ2n) is 9.19. The average molecular weight is 509 g/mol. The van der Waals surface area contributed by atoms with Gasteiger partial charge >= 0.3 is 0 Å². The molecule has 0 aliphatic heterocycles. The highest BCUT2D eigenvalue weighted by Gasteiger charge is 2.36. The quantitative estimate of drug-likeness (QED) is 0.217. The van der Waals surface area contributed by atoms with Crippen LogP contribution >= 0.6 is 0 Å². The summed E-state index contributed by atoms with van der Waals surface area (Å²) in [6.45, 7) is 4.39. The number of allylic oxidation sites excluding steroid dienone is 2. The van der Waals surface area contributed by atoms with E-state index in [0.717, 1.165) is 16.7 Å². The van der Waals surface area contributed by atoms with E-state index in [1.54, 1.807) is 5.98 Å². The summed E-state index contributed by atoms with van der Waals surface area (Å²) in [7, 11) is 5.04. The molecule has 38 heavy (non-hydrogen) atoms. The minimum Gasteiger partial charge on any atom is -0.326 e. The topological polar surface area (TPSA) is 17.8 Å². The molecular formula is C34H33BN2Si. The maximum Gasteiger partial charge on any atom is 0.103 e. The zero-order valence-corrected chi connectivity index (χ0v) is 23.5. The van der Waals surface area contributed by atoms with Crippen molar-refractivity contribution in [2.45, 2.75) is 19.0 Å². The molecule has 1 aromatic heterocycles. The summed E-state index contributed by atoms with van der Waals surface area (Å²) >= 11 is 0. The number of hydrogen-bond acceptors (Lipinski definition) is 1. The van der Waals surface area contributed by atoms with Crippen LogP contribution in [0, 0.1) is 0 Å². The Morgan fingerprint density at radius 1 is 0.737 bits per heavy atom. The van der Waals surface area contributed by atoms with Gasteiger partial charge in [-0.15, -0.1) is 5.98 Å². The van der Waals surface area contributed by atoms with Crippen LogP contribution in [-0.2, 0) is 5.16 Å². The van der Waals surface area contributed by atoms with Gasteiger partial charge in [-0.05, 0) is 41.7 Å². The predicted octanol–water partition coefficient (Wildman–Crippen LogP) is 6.97. The molecule has 5 aromatic rings. The SMILES string of the molecule is CC=C(C)[SiH2]C(c1ccccc1)(c1ccccc1)n1ccnc1.[B]C=C(c1ccccc1)c1ccccc1. The Morgan fingerprint density at radius 3 is 1.55 bits per heavy atom. The minimum atomic E-state index is -0.639. The molecule has 5 rings (SSSR count). The first-order valence-electron chi connectivity index (χ1n) is 12.9. The van der Waals surface area contributed by atoms with E-state index >= 15 is 0 Å². The van der Waals surface area contributed by atoms with Crippen LogP contribution in [0.1, 0.15) is 36.1 Å². The molecule has 0 aliphatic rings. The first-order valence-corrected chi connectivity index (χ1v) is 14.3. The minimum absolute atomic E-state index is 0.143. The molecule has 2 nitrogen and oxygen atoms in total. The summed E-state index contributed by atoms with van der Waals surface area (Å²) in [5, 5.41) is 1.35. The third-order valence-electron chi connectivity index (χ3n) is 6.81. The fourth-order valence-corrected chi connectivity index (χ4v) is 7.03. The van der Waals surface area contributed by atoms with Crippen molar-refractivity contribution in [3.63, 3.8) is 0 Å². The van der Waals surface area contributed by atoms with Crippen LogP contribution in [0.3, 0.4) is 0 Å². The molecule has 0 spiro atoms. The molecular weight excluding hydrogens is 475 g/mol. The third-order valence-corrected chi connectivity index (χ3v) is 9.47. The lowest BCUT2D eigenvalue weighted by molar-refractivity contribution is 0.594. The van der Waals surface area contributed by atoms with Gasteiger partial charge in [-0.25, -0.2) is 4.98 Å². The van der Waals surface area contributed by atoms with Crippen molar-refractivity contribution < 1.29 is 0 Å². The van der Waals surface area contributed by atoms with Crippen molar-refractivity contribution in [3.8, 4) is 0 Å². The van der Waals surface area contributed by atoms with Gasteiger partial charge in [0.25, 0.3) is 0 Å². The van der Waals surface area contributed by atoms with Crippen molar-refractivity contribution in [1.82, 2.24) is 9.55 Å². The zero-order chi connectivity index (χ0) is 26.6. The van der Waals surface area contributed by atoms with Gasteiger partial charge in [-0.1, -0.05) is 133 Å². The smallest absolute Gasteiger partial charge is 0.103 e. The van der Waals surface area contributed by atoms with Crippen molar-refractivity contribution in [2.75, 3.05) is 0 Å². The van der Waals surface area contributed by atoms with Gasteiger partial charge in [-0.2, -0.15) is 0 Å². The van der Waals surface area contributed by atoms with E-state index in [1.165, 1.54) is 16.3 Å². The fraction of sp³-hybridized carbons (Fsp3) is 0.0882. The van der Waals surface area contributed by atoms with Crippen LogP contribution < -0.4 is 0 Å². The number of nitrogens with zero attached hydrogens (tertiary/aromatic N) is 2. The molecule has 0 atom stereocenters. The molecule has 1 heterocycles. The van der Waals surface area contributed by atoms with Crippen LogP contribution in [0.4, 0.5) is 0 Å². The summed E-state index contributed by atoms with van der Waals surface area (Å²) in [5.41, 5.74) is 6.02. The second-order valence-corrected chi connectivity index (χ2v) is 11.7. The zero-order valence-electron chi connectivity index (χ0n) is 22.1. The monoisotopic (exact) mass is 508 g/mol. The second kappa shape index (κ2) is 13.4. The number of imidazole rings is 1. The Hall–Kier alpha value is -4.15. The molecule has 0 fully saturated rings. The van der Waals surface area contributed by atoms with Gasteiger partial charge in [-0.3, -0.25) is 0 Å². The standard InChI is InChI=1S/C20H22N2Si.C14H11B/c1-3-17(2)23-20(22-15-14-21-16-22,18-10-6-4-7-11-18)19-12-8-5-9-13-19;15-11-14(12-7-3-1-4-8-12)13-9-5-2-6-10-13/h3-16H,23H2,1-2H3;1-11H. The highest BCUT2D eigenvalue weighted by molar-refractivity contribution is 6.50. The molecule has 186 valence electrons. The largest absolute Gasteiger partial charge is 0.326 e. The van der Waals surface area contributed by atoms with Crippen molar-refractivity contribution >= 4 is 22.9 Å². The molecule has 4 aromatic carbocycles. The van der Waals surface area contributed by atoms with Crippen molar-refractivity contribution in [2.24, 2.45) is 0 Å². The molecule has 0 N–H and O–H groups in total. The van der Waals surface area contributed by atoms with Gasteiger partial charge in [0, 0.05) is 12.4 Å². The van der Waals surface area contributed by atoms with E-state index in [2.05, 4.69) is 121 Å². The summed E-state index contributed by atoms with van der Waals surface area (Å²) in [6.07, 6.45) is 8.18. The number of aromatic nitrogens is 2. The molecule has 0 saturated carbocycles. The van der Waals surface area contributed by atoms with Gasteiger partial charge in [0.2, 0.25) is 0 Å². The van der Waals surface area contributed by atoms with Gasteiger partial charge in [0.15, 0.2) is 0 Å². The van der Waals surface area contributed by atoms with E-state index < -0.39 is 9.52 Å². The normalized spacial score (nSPS) is 11.6. The number of benzene rings is 4. The lowest BCUT2D eigenvalue weighted by atomic mass is 9.92. The van der Waals surface area contributed by atoms with E-state index in [0.29, 0.717) is 0 Å². The van der Waals surface area contributed by atoms with Gasteiger partial charge in [0.1, 0.15) is 7.85 Å². The number of hydrogen-bond donors (Lipinski definition) is 0. The Kier molecular flexibility index (Phi) is 9.49. The molecule has 0 bridgehead atoms. The van der Waals surface area contributed by atoms with Crippen LogP contribution in [0.2, 0.25) is 0 Å². The lowest BCUT2D eigenvalue weighted by Crippen LogP contribution is -2.42. The summed E-state index contributed by atoms with van der Waals surface area (Å²) in [4.78, 5) is 4.34. The van der Waals surface area contributed by atoms with E-state index in [-0.39, 0.29) is 5.16 Å². The van der Waals surface area contributed by atoms with Crippen molar-refractivity contribution in [1.29, 1.82) is 0 Å². The third kappa shape index (κ3) is 6.21. The summed E-state index contributed by atoms with van der Waals surface area (Å²) < 4.78 is 2.29. The average Bonchev–Trinajstić information content (AvgIpc) is 3.54. The Labute approximate surface area is 230 Å². The summed E-state index contributed by atoms with van der Waals surface area (Å²) in [6, 6.07) is 41.9.